The topological polar surface area (TPSA) is 75.1 Å². The molecule has 120 valence electrons. The monoisotopic (exact) mass is 323 g/mol. The first-order chi connectivity index (χ1) is 10.6. The van der Waals surface area contributed by atoms with Gasteiger partial charge in [0, 0.05) is 24.8 Å². The molecule has 1 aliphatic heterocycles. The standard InChI is InChI=1S/C15H21N3O3S/c1-10(13-6-5-11(20-2)8-14(13)19)17-18-15(22)16-9-12-4-3-7-21-12/h5-6,8,12,19H,3-4,7,9H2,1-2H3,(H2,16,18,22). The summed E-state index contributed by atoms with van der Waals surface area (Å²) in [5, 5.41) is 17.6. The fourth-order valence-electron chi connectivity index (χ4n) is 2.19. The van der Waals surface area contributed by atoms with Crippen molar-refractivity contribution in [2.24, 2.45) is 5.10 Å². The lowest BCUT2D eigenvalue weighted by atomic mass is 10.1. The Bertz CT molecular complexity index is 557. The molecule has 0 radical (unpaired) electrons. The molecule has 1 fully saturated rings. The van der Waals surface area contributed by atoms with E-state index in [1.54, 1.807) is 32.2 Å². The van der Waals surface area contributed by atoms with Gasteiger partial charge in [0.2, 0.25) is 0 Å². The molecule has 22 heavy (non-hydrogen) atoms. The van der Waals surface area contributed by atoms with Crippen LogP contribution in [-0.2, 0) is 4.74 Å². The maximum atomic E-state index is 9.95. The molecule has 0 aliphatic carbocycles. The number of phenols is 1. The lowest BCUT2D eigenvalue weighted by molar-refractivity contribution is 0.114. The largest absolute Gasteiger partial charge is 0.507 e. The summed E-state index contributed by atoms with van der Waals surface area (Å²) < 4.78 is 10.6. The normalized spacial score (nSPS) is 18.1. The number of aromatic hydroxyl groups is 1. The molecular weight excluding hydrogens is 302 g/mol. The number of ether oxygens (including phenoxy) is 2. The number of nitrogens with one attached hydrogen (secondary N) is 2. The van der Waals surface area contributed by atoms with E-state index in [4.69, 9.17) is 21.7 Å². The average Bonchev–Trinajstić information content (AvgIpc) is 3.03. The maximum Gasteiger partial charge on any atom is 0.187 e. The van der Waals surface area contributed by atoms with Crippen molar-refractivity contribution in [3.63, 3.8) is 0 Å². The van der Waals surface area contributed by atoms with E-state index in [1.807, 2.05) is 0 Å². The van der Waals surface area contributed by atoms with Crippen LogP contribution in [-0.4, -0.2) is 42.3 Å². The van der Waals surface area contributed by atoms with Crippen molar-refractivity contribution in [3.8, 4) is 11.5 Å². The van der Waals surface area contributed by atoms with Crippen molar-refractivity contribution in [2.45, 2.75) is 25.9 Å². The number of methoxy groups -OCH3 is 1. The lowest BCUT2D eigenvalue weighted by Gasteiger charge is -2.12. The molecule has 1 aromatic rings. The Labute approximate surface area is 135 Å². The molecule has 1 aromatic carbocycles. The molecule has 1 saturated heterocycles. The van der Waals surface area contributed by atoms with Crippen LogP contribution >= 0.6 is 12.2 Å². The minimum atomic E-state index is 0.112. The maximum absolute atomic E-state index is 9.95. The summed E-state index contributed by atoms with van der Waals surface area (Å²) in [6, 6.07) is 5.06. The summed E-state index contributed by atoms with van der Waals surface area (Å²) in [4.78, 5) is 0. The van der Waals surface area contributed by atoms with Gasteiger partial charge < -0.3 is 19.9 Å². The number of nitrogens with zero attached hydrogens (tertiary/aromatic N) is 1. The second-order valence-electron chi connectivity index (χ2n) is 5.04. The minimum absolute atomic E-state index is 0.112. The van der Waals surface area contributed by atoms with Gasteiger partial charge in [0.15, 0.2) is 5.11 Å². The summed E-state index contributed by atoms with van der Waals surface area (Å²) in [7, 11) is 1.55. The number of benzene rings is 1. The first-order valence-corrected chi connectivity index (χ1v) is 7.58. The van der Waals surface area contributed by atoms with Crippen molar-refractivity contribution >= 4 is 23.0 Å². The summed E-state index contributed by atoms with van der Waals surface area (Å²) in [6.07, 6.45) is 2.37. The number of hydrogen-bond donors (Lipinski definition) is 3. The number of thiocarbonyl (C=S) groups is 1. The van der Waals surface area contributed by atoms with Crippen LogP contribution in [0.1, 0.15) is 25.3 Å². The second kappa shape index (κ2) is 7.95. The zero-order chi connectivity index (χ0) is 15.9. The predicted molar refractivity (Wildman–Crippen MR) is 89.6 cm³/mol. The van der Waals surface area contributed by atoms with Crippen molar-refractivity contribution < 1.29 is 14.6 Å². The molecule has 1 heterocycles. The number of hydrogen-bond acceptors (Lipinski definition) is 5. The fraction of sp³-hybridized carbons (Fsp3) is 0.467. The SMILES string of the molecule is COc1ccc(C(C)=NNC(=S)NCC2CCCO2)c(O)c1. The Kier molecular flexibility index (Phi) is 5.97. The summed E-state index contributed by atoms with van der Waals surface area (Å²) in [6.45, 7) is 3.28. The van der Waals surface area contributed by atoms with Crippen LogP contribution in [0.5, 0.6) is 11.5 Å². The van der Waals surface area contributed by atoms with Gasteiger partial charge in [-0.25, -0.2) is 0 Å². The van der Waals surface area contributed by atoms with Gasteiger partial charge in [-0.2, -0.15) is 5.10 Å². The highest BCUT2D eigenvalue weighted by atomic mass is 32.1. The Morgan fingerprint density at radius 2 is 2.36 bits per heavy atom. The molecule has 0 amide bonds. The van der Waals surface area contributed by atoms with Gasteiger partial charge >= 0.3 is 0 Å². The average molecular weight is 323 g/mol. The zero-order valence-electron chi connectivity index (χ0n) is 12.8. The van der Waals surface area contributed by atoms with Crippen LogP contribution < -0.4 is 15.5 Å². The van der Waals surface area contributed by atoms with Crippen molar-refractivity contribution in [1.82, 2.24) is 10.7 Å². The van der Waals surface area contributed by atoms with Gasteiger partial charge in [-0.15, -0.1) is 0 Å². The van der Waals surface area contributed by atoms with Crippen molar-refractivity contribution in [2.75, 3.05) is 20.3 Å². The Morgan fingerprint density at radius 1 is 1.55 bits per heavy atom. The van der Waals surface area contributed by atoms with Crippen LogP contribution in [0.3, 0.4) is 0 Å². The highest BCUT2D eigenvalue weighted by Crippen LogP contribution is 2.23. The molecule has 2 rings (SSSR count). The quantitative estimate of drug-likeness (QED) is 0.436. The third-order valence-electron chi connectivity index (χ3n) is 3.43. The van der Waals surface area contributed by atoms with E-state index < -0.39 is 0 Å². The number of rotatable bonds is 5. The summed E-state index contributed by atoms with van der Waals surface area (Å²) >= 11 is 5.16. The Morgan fingerprint density at radius 3 is 3.00 bits per heavy atom. The van der Waals surface area contributed by atoms with E-state index in [2.05, 4.69) is 15.8 Å². The van der Waals surface area contributed by atoms with Crippen molar-refractivity contribution in [3.05, 3.63) is 23.8 Å². The van der Waals surface area contributed by atoms with Gasteiger partial charge in [-0.1, -0.05) is 0 Å². The first-order valence-electron chi connectivity index (χ1n) is 7.17. The van der Waals surface area contributed by atoms with Crippen LogP contribution in [0, 0.1) is 0 Å². The molecule has 7 heteroatoms. The van der Waals surface area contributed by atoms with E-state index in [9.17, 15) is 5.11 Å². The zero-order valence-corrected chi connectivity index (χ0v) is 13.6. The summed E-state index contributed by atoms with van der Waals surface area (Å²) in [5.41, 5.74) is 4.02. The third-order valence-corrected chi connectivity index (χ3v) is 3.67. The molecule has 0 spiro atoms. The Hall–Kier alpha value is -1.86. The fourth-order valence-corrected chi connectivity index (χ4v) is 2.32. The van der Waals surface area contributed by atoms with E-state index >= 15 is 0 Å². The van der Waals surface area contributed by atoms with Crippen LogP contribution in [0.15, 0.2) is 23.3 Å². The first kappa shape index (κ1) is 16.5. The van der Waals surface area contributed by atoms with E-state index in [0.717, 1.165) is 19.4 Å². The third kappa shape index (κ3) is 4.57. The van der Waals surface area contributed by atoms with E-state index in [1.165, 1.54) is 0 Å². The lowest BCUT2D eigenvalue weighted by Crippen LogP contribution is -2.37. The van der Waals surface area contributed by atoms with E-state index in [0.29, 0.717) is 28.7 Å². The minimum Gasteiger partial charge on any atom is -0.507 e. The smallest absolute Gasteiger partial charge is 0.187 e. The summed E-state index contributed by atoms with van der Waals surface area (Å²) in [5.74, 6) is 0.705. The van der Waals surface area contributed by atoms with Gasteiger partial charge in [0.1, 0.15) is 11.5 Å². The second-order valence-corrected chi connectivity index (χ2v) is 5.45. The van der Waals surface area contributed by atoms with Gasteiger partial charge in [-0.05, 0) is 44.1 Å². The molecule has 6 nitrogen and oxygen atoms in total. The number of hydrazone groups is 1. The van der Waals surface area contributed by atoms with Gasteiger partial charge in [0.05, 0.1) is 18.9 Å². The van der Waals surface area contributed by atoms with E-state index in [-0.39, 0.29) is 11.9 Å². The molecule has 1 unspecified atom stereocenters. The molecule has 1 aliphatic rings. The highest BCUT2D eigenvalue weighted by molar-refractivity contribution is 7.80. The molecular formula is C15H21N3O3S. The van der Waals surface area contributed by atoms with Crippen molar-refractivity contribution in [1.29, 1.82) is 0 Å². The Balaban J connectivity index is 1.87. The molecule has 0 aromatic heterocycles. The van der Waals surface area contributed by atoms with Gasteiger partial charge in [-0.3, -0.25) is 5.43 Å². The molecule has 3 N–H and O–H groups in total. The van der Waals surface area contributed by atoms with Crippen LogP contribution in [0.2, 0.25) is 0 Å². The molecule has 0 saturated carbocycles. The van der Waals surface area contributed by atoms with Crippen LogP contribution in [0.4, 0.5) is 0 Å². The molecule has 1 atom stereocenters. The molecule has 0 bridgehead atoms. The predicted octanol–water partition coefficient (Wildman–Crippen LogP) is 1.77. The van der Waals surface area contributed by atoms with Gasteiger partial charge in [0.25, 0.3) is 0 Å². The highest BCUT2D eigenvalue weighted by Gasteiger charge is 2.15. The number of phenolic OH excluding ortho intramolecular Hbond substituents is 1. The van der Waals surface area contributed by atoms with Crippen LogP contribution in [0.25, 0.3) is 0 Å².